The molecule has 0 amide bonds. The van der Waals surface area contributed by atoms with Gasteiger partial charge in [0, 0.05) is 22.6 Å². The summed E-state index contributed by atoms with van der Waals surface area (Å²) in [5.41, 5.74) is 9.18. The van der Waals surface area contributed by atoms with Gasteiger partial charge in [0.25, 0.3) is 0 Å². The first kappa shape index (κ1) is 23.8. The van der Waals surface area contributed by atoms with Gasteiger partial charge < -0.3 is 29.1 Å². The van der Waals surface area contributed by atoms with E-state index in [1.54, 1.807) is 37.4 Å². The van der Waals surface area contributed by atoms with Gasteiger partial charge in [-0.15, -0.1) is 0 Å². The molecule has 186 valence electrons. The number of carbonyl (C=O) groups excluding carboxylic acids is 1. The Hall–Kier alpha value is -4.90. The van der Waals surface area contributed by atoms with Crippen molar-refractivity contribution in [2.75, 3.05) is 13.7 Å². The van der Waals surface area contributed by atoms with Gasteiger partial charge in [0.2, 0.25) is 11.6 Å². The lowest BCUT2D eigenvalue weighted by Crippen LogP contribution is -2.21. The number of furan rings is 1. The Balaban J connectivity index is 1.49. The minimum Gasteiger partial charge on any atom is -0.493 e. The van der Waals surface area contributed by atoms with E-state index < -0.39 is 11.9 Å². The molecule has 4 aromatic rings. The fourth-order valence-electron chi connectivity index (χ4n) is 4.50. The number of para-hydroxylation sites is 1. The van der Waals surface area contributed by atoms with E-state index in [0.29, 0.717) is 40.6 Å². The first-order chi connectivity index (χ1) is 17.9. The smallest absolute Gasteiger partial charge is 0.379 e. The van der Waals surface area contributed by atoms with Crippen molar-refractivity contribution < 1.29 is 28.2 Å². The summed E-state index contributed by atoms with van der Waals surface area (Å²) in [4.78, 5) is 12.9. The standard InChI is InChI=1S/C29H24N2O6/c1-4-34-23-12-9-17(13-25(23)33-3)26-20-11-10-18(14-24(20)37-28(31)21(26)15-30)35-29(32)27-16(2)19-7-5-6-8-22(19)36-27/h5-14,26H,4,31H2,1-3H3. The van der Waals surface area contributed by atoms with Crippen LogP contribution in [0.1, 0.15) is 40.1 Å². The van der Waals surface area contributed by atoms with Crippen molar-refractivity contribution in [3.05, 3.63) is 94.6 Å². The molecular formula is C29H24N2O6. The molecule has 8 heteroatoms. The number of esters is 1. The summed E-state index contributed by atoms with van der Waals surface area (Å²) in [6.45, 7) is 4.18. The Morgan fingerprint density at radius 3 is 2.65 bits per heavy atom. The van der Waals surface area contributed by atoms with Gasteiger partial charge in [-0.2, -0.15) is 5.26 Å². The van der Waals surface area contributed by atoms with Crippen molar-refractivity contribution >= 4 is 16.9 Å². The van der Waals surface area contributed by atoms with Crippen LogP contribution in [0.25, 0.3) is 11.0 Å². The zero-order valence-electron chi connectivity index (χ0n) is 20.5. The highest BCUT2D eigenvalue weighted by Crippen LogP contribution is 2.45. The Labute approximate surface area is 213 Å². The van der Waals surface area contributed by atoms with Gasteiger partial charge >= 0.3 is 5.97 Å². The Morgan fingerprint density at radius 2 is 1.92 bits per heavy atom. The number of benzene rings is 3. The lowest BCUT2D eigenvalue weighted by Gasteiger charge is -2.27. The molecule has 0 saturated carbocycles. The normalized spacial score (nSPS) is 14.5. The topological polar surface area (TPSA) is 117 Å². The van der Waals surface area contributed by atoms with Gasteiger partial charge in [0.05, 0.1) is 19.6 Å². The fourth-order valence-corrected chi connectivity index (χ4v) is 4.50. The molecule has 1 aliphatic rings. The van der Waals surface area contributed by atoms with Crippen molar-refractivity contribution in [2.45, 2.75) is 19.8 Å². The quantitative estimate of drug-likeness (QED) is 0.271. The van der Waals surface area contributed by atoms with Crippen molar-refractivity contribution in [1.82, 2.24) is 0 Å². The monoisotopic (exact) mass is 496 g/mol. The molecule has 0 radical (unpaired) electrons. The summed E-state index contributed by atoms with van der Waals surface area (Å²) >= 11 is 0. The highest BCUT2D eigenvalue weighted by molar-refractivity contribution is 5.96. The molecule has 37 heavy (non-hydrogen) atoms. The molecule has 0 aliphatic carbocycles. The predicted molar refractivity (Wildman–Crippen MR) is 136 cm³/mol. The first-order valence-corrected chi connectivity index (χ1v) is 11.7. The second-order valence-electron chi connectivity index (χ2n) is 8.41. The number of rotatable bonds is 6. The number of methoxy groups -OCH3 is 1. The highest BCUT2D eigenvalue weighted by atomic mass is 16.5. The van der Waals surface area contributed by atoms with Crippen LogP contribution in [0, 0.1) is 18.3 Å². The van der Waals surface area contributed by atoms with E-state index in [1.807, 2.05) is 44.2 Å². The van der Waals surface area contributed by atoms with Crippen LogP contribution in [-0.2, 0) is 0 Å². The number of nitrogens with two attached hydrogens (primary N) is 1. The molecule has 0 spiro atoms. The molecule has 8 nitrogen and oxygen atoms in total. The van der Waals surface area contributed by atoms with Crippen LogP contribution < -0.4 is 24.7 Å². The summed E-state index contributed by atoms with van der Waals surface area (Å²) in [6, 6.07) is 20.0. The molecular weight excluding hydrogens is 472 g/mol. The van der Waals surface area contributed by atoms with E-state index in [1.165, 1.54) is 0 Å². The number of hydrogen-bond donors (Lipinski definition) is 1. The number of aryl methyl sites for hydroxylation is 1. The summed E-state index contributed by atoms with van der Waals surface area (Å²) in [5, 5.41) is 10.7. The number of allylic oxidation sites excluding steroid dienone is 1. The number of nitrogens with zero attached hydrogens (tertiary/aromatic N) is 1. The Bertz CT molecular complexity index is 1590. The molecule has 2 heterocycles. The number of hydrogen-bond acceptors (Lipinski definition) is 8. The maximum Gasteiger partial charge on any atom is 0.379 e. The second-order valence-corrected chi connectivity index (χ2v) is 8.41. The van der Waals surface area contributed by atoms with Crippen LogP contribution in [0.3, 0.4) is 0 Å². The van der Waals surface area contributed by atoms with Crippen molar-refractivity contribution in [1.29, 1.82) is 5.26 Å². The average Bonchev–Trinajstić information content (AvgIpc) is 3.25. The van der Waals surface area contributed by atoms with E-state index in [9.17, 15) is 10.1 Å². The number of carbonyl (C=O) groups is 1. The highest BCUT2D eigenvalue weighted by Gasteiger charge is 2.32. The van der Waals surface area contributed by atoms with Crippen molar-refractivity contribution in [2.24, 2.45) is 5.73 Å². The molecule has 1 unspecified atom stereocenters. The molecule has 0 bridgehead atoms. The van der Waals surface area contributed by atoms with E-state index in [-0.39, 0.29) is 23.0 Å². The van der Waals surface area contributed by atoms with Crippen molar-refractivity contribution in [3.63, 3.8) is 0 Å². The molecule has 1 atom stereocenters. The largest absolute Gasteiger partial charge is 0.493 e. The Kier molecular flexibility index (Phi) is 6.20. The molecule has 0 fully saturated rings. The summed E-state index contributed by atoms with van der Waals surface area (Å²) in [7, 11) is 1.55. The third kappa shape index (κ3) is 4.21. The van der Waals surface area contributed by atoms with Gasteiger partial charge in [-0.25, -0.2) is 4.79 Å². The van der Waals surface area contributed by atoms with Gasteiger partial charge in [0.15, 0.2) is 11.5 Å². The number of fused-ring (bicyclic) bond motifs is 2. The maximum absolute atomic E-state index is 12.9. The molecule has 1 aromatic heterocycles. The SMILES string of the molecule is CCOc1ccc(C2C(C#N)=C(N)Oc3cc(OC(=O)c4oc5ccccc5c4C)ccc32)cc1OC. The van der Waals surface area contributed by atoms with Crippen molar-refractivity contribution in [3.8, 4) is 29.1 Å². The summed E-state index contributed by atoms with van der Waals surface area (Å²) in [5.74, 6) is 0.726. The van der Waals surface area contributed by atoms with Crippen LogP contribution in [0.15, 0.2) is 76.5 Å². The van der Waals surface area contributed by atoms with E-state index in [4.69, 9.17) is 29.1 Å². The van der Waals surface area contributed by atoms with Crippen LogP contribution >= 0.6 is 0 Å². The lowest BCUT2D eigenvalue weighted by molar-refractivity contribution is 0.0702. The van der Waals surface area contributed by atoms with Crippen LogP contribution in [0.4, 0.5) is 0 Å². The minimum absolute atomic E-state index is 0.0237. The molecule has 1 aliphatic heterocycles. The van der Waals surface area contributed by atoms with Gasteiger partial charge in [-0.3, -0.25) is 0 Å². The van der Waals surface area contributed by atoms with Gasteiger partial charge in [0.1, 0.15) is 28.7 Å². The zero-order chi connectivity index (χ0) is 26.1. The maximum atomic E-state index is 12.9. The van der Waals surface area contributed by atoms with Crippen LogP contribution in [0.5, 0.6) is 23.0 Å². The second kappa shape index (κ2) is 9.63. The van der Waals surface area contributed by atoms with Gasteiger partial charge in [-0.1, -0.05) is 30.3 Å². The Morgan fingerprint density at radius 1 is 1.11 bits per heavy atom. The predicted octanol–water partition coefficient (Wildman–Crippen LogP) is 5.59. The minimum atomic E-state index is -0.626. The van der Waals surface area contributed by atoms with E-state index >= 15 is 0 Å². The van der Waals surface area contributed by atoms with Gasteiger partial charge in [-0.05, 0) is 43.7 Å². The number of nitriles is 1. The first-order valence-electron chi connectivity index (χ1n) is 11.7. The van der Waals surface area contributed by atoms with E-state index in [2.05, 4.69) is 6.07 Å². The zero-order valence-corrected chi connectivity index (χ0v) is 20.5. The van der Waals surface area contributed by atoms with Crippen LogP contribution in [-0.4, -0.2) is 19.7 Å². The molecule has 3 aromatic carbocycles. The molecule has 0 saturated heterocycles. The fraction of sp³-hybridized carbons (Fsp3) is 0.172. The average molecular weight is 497 g/mol. The number of ether oxygens (including phenoxy) is 4. The summed E-state index contributed by atoms with van der Waals surface area (Å²) in [6.07, 6.45) is 0. The molecule has 2 N–H and O–H groups in total. The third-order valence-electron chi connectivity index (χ3n) is 6.25. The lowest BCUT2D eigenvalue weighted by atomic mass is 9.83. The molecule has 5 rings (SSSR count). The van der Waals surface area contributed by atoms with E-state index in [0.717, 1.165) is 10.9 Å². The third-order valence-corrected chi connectivity index (χ3v) is 6.25. The van der Waals surface area contributed by atoms with Crippen LogP contribution in [0.2, 0.25) is 0 Å². The summed E-state index contributed by atoms with van der Waals surface area (Å²) < 4.78 is 28.2.